The fraction of sp³-hybridized carbons (Fsp3) is 0.704. The summed E-state index contributed by atoms with van der Waals surface area (Å²) in [5.41, 5.74) is 0. The van der Waals surface area contributed by atoms with Crippen molar-refractivity contribution < 1.29 is 113 Å². The van der Waals surface area contributed by atoms with Gasteiger partial charge in [-0.05, 0) is 70.1 Å². The first kappa shape index (κ1) is 78.9. The minimum Gasteiger partial charge on any atom is -0.756 e. The highest BCUT2D eigenvalue weighted by atomic mass is 31.2. The summed E-state index contributed by atoms with van der Waals surface area (Å²) in [7, 11) is -9.25. The molecule has 1 saturated carbocycles. The van der Waals surface area contributed by atoms with Gasteiger partial charge in [0.05, 0.1) is 46.2 Å². The van der Waals surface area contributed by atoms with Gasteiger partial charge in [0.1, 0.15) is 0 Å². The molecule has 3 heterocycles. The van der Waals surface area contributed by atoms with Gasteiger partial charge in [-0.15, -0.1) is 0 Å². The van der Waals surface area contributed by atoms with E-state index in [1.807, 2.05) is 0 Å². The van der Waals surface area contributed by atoms with Crippen LogP contribution in [0.4, 0.5) is 0 Å². The van der Waals surface area contributed by atoms with Gasteiger partial charge in [-0.1, -0.05) is 38.5 Å². The zero-order valence-corrected chi connectivity index (χ0v) is 53.1. The van der Waals surface area contributed by atoms with E-state index < -0.39 is 47.1 Å². The second kappa shape index (κ2) is 45.1. The number of phosphoric acid groups is 3. The molecule has 1 fully saturated rings. The number of carbonyl (C=O) groups excluding carboxylic acids is 10. The third-order valence-corrected chi connectivity index (χ3v) is 16.3. The van der Waals surface area contributed by atoms with Crippen LogP contribution < -0.4 is 35.9 Å². The fourth-order valence-corrected chi connectivity index (χ4v) is 9.84. The van der Waals surface area contributed by atoms with E-state index in [1.165, 1.54) is 41.4 Å². The van der Waals surface area contributed by atoms with Crippen LogP contribution in [0.5, 0.6) is 0 Å². The molecule has 4 N–H and O–H groups in total. The molecule has 0 aromatic carbocycles. The average Bonchev–Trinajstić information content (AvgIpc) is 3.04. The van der Waals surface area contributed by atoms with Crippen LogP contribution in [0, 0.1) is 11.8 Å². The number of ether oxygens (including phenoxy) is 2. The Balaban J connectivity index is 0.000000458. The molecule has 31 nitrogen and oxygen atoms in total. The summed E-state index contributed by atoms with van der Waals surface area (Å²) in [5, 5.41) is 11.1. The zero-order valence-electron chi connectivity index (χ0n) is 50.4. The number of hydrogen-bond donors (Lipinski definition) is 4. The van der Waals surface area contributed by atoms with Crippen LogP contribution in [0.25, 0.3) is 0 Å². The number of amides is 10. The van der Waals surface area contributed by atoms with Crippen molar-refractivity contribution in [3.05, 3.63) is 36.5 Å². The fourth-order valence-electron chi connectivity index (χ4n) is 8.46. The first-order valence-electron chi connectivity index (χ1n) is 29.3. The highest BCUT2D eigenvalue weighted by molar-refractivity contribution is 7.46. The van der Waals surface area contributed by atoms with Crippen LogP contribution in [0.2, 0.25) is 0 Å². The Kier molecular flexibility index (Phi) is 40.4. The van der Waals surface area contributed by atoms with Crippen molar-refractivity contribution in [2.45, 2.75) is 122 Å². The number of nitrogens with zero attached hydrogens (tertiary/aromatic N) is 3. The quantitative estimate of drug-likeness (QED) is 0.0379. The maximum absolute atomic E-state index is 12.3. The molecule has 3 unspecified atom stereocenters. The second-order valence-electron chi connectivity index (χ2n) is 20.1. The maximum Gasteiger partial charge on any atom is 0.267 e. The first-order chi connectivity index (χ1) is 41.9. The summed E-state index contributed by atoms with van der Waals surface area (Å²) >= 11 is 0. The minimum atomic E-state index is -4.15. The molecule has 0 saturated heterocycles. The van der Waals surface area contributed by atoms with Crippen molar-refractivity contribution in [1.82, 2.24) is 36.0 Å². The van der Waals surface area contributed by atoms with E-state index in [0.717, 1.165) is 115 Å². The van der Waals surface area contributed by atoms with Gasteiger partial charge in [0.2, 0.25) is 23.6 Å². The van der Waals surface area contributed by atoms with E-state index >= 15 is 0 Å². The van der Waals surface area contributed by atoms with Crippen molar-refractivity contribution in [3.8, 4) is 0 Å². The average molecular weight is 1310 g/mol. The van der Waals surface area contributed by atoms with E-state index in [0.29, 0.717) is 65.2 Å². The van der Waals surface area contributed by atoms with E-state index in [4.69, 9.17) is 9.47 Å². The number of unbranched alkanes of at least 4 members (excludes halogenated alkanes) is 9. The van der Waals surface area contributed by atoms with Crippen LogP contribution in [0.3, 0.4) is 0 Å². The molecule has 0 aromatic heterocycles. The summed E-state index contributed by atoms with van der Waals surface area (Å²) in [6.45, 7) is 3.91. The SMILES string of the molecule is COP(=O)([O-])OCCCCCCNC(=O)C1CCC(CN2C(=O)C=CC2=O)CC1.COP(=O)([O-])OCCCCCCNC(=O)CCN1C(=O)C=CC1=O.COP(=O)([O-])OCCCCCCNC(=O)CCOCCOCCNC(=O)CCN1C(=O)C=CC1=O. The lowest BCUT2D eigenvalue weighted by molar-refractivity contribution is -0.224. The lowest BCUT2D eigenvalue weighted by atomic mass is 9.81. The van der Waals surface area contributed by atoms with E-state index in [2.05, 4.69) is 48.4 Å². The smallest absolute Gasteiger partial charge is 0.267 e. The third kappa shape index (κ3) is 36.4. The number of phosphoric ester groups is 3. The molecule has 0 bridgehead atoms. The third-order valence-electron chi connectivity index (χ3n) is 13.5. The minimum absolute atomic E-state index is 0.0111. The largest absolute Gasteiger partial charge is 0.756 e. The molecule has 0 spiro atoms. The summed E-state index contributed by atoms with van der Waals surface area (Å²) in [4.78, 5) is 152. The number of nitrogens with one attached hydrogen (secondary N) is 4. The molecular weight excluding hydrogens is 1220 g/mol. The molecule has 3 atom stereocenters. The Morgan fingerprint density at radius 3 is 1.14 bits per heavy atom. The normalized spacial score (nSPS) is 18.3. The molecule has 4 aliphatic rings. The lowest BCUT2D eigenvalue weighted by Crippen LogP contribution is -2.38. The number of imide groups is 3. The van der Waals surface area contributed by atoms with Gasteiger partial charge in [-0.25, -0.2) is 0 Å². The van der Waals surface area contributed by atoms with Crippen molar-refractivity contribution in [2.75, 3.05) is 113 Å². The van der Waals surface area contributed by atoms with Crippen LogP contribution in [-0.4, -0.2) is 187 Å². The van der Waals surface area contributed by atoms with Gasteiger partial charge < -0.3 is 72.6 Å². The Bertz CT molecular complexity index is 2420. The molecule has 3 aliphatic heterocycles. The molecular formula is C54H87N7O24P3-3. The Labute approximate surface area is 513 Å². The predicted octanol–water partition coefficient (Wildman–Crippen LogP) is 1.28. The van der Waals surface area contributed by atoms with Crippen LogP contribution in [0.15, 0.2) is 36.5 Å². The molecule has 0 aromatic rings. The Morgan fingerprint density at radius 1 is 0.420 bits per heavy atom. The maximum atomic E-state index is 12.3. The van der Waals surface area contributed by atoms with Gasteiger partial charge >= 0.3 is 0 Å². The number of carbonyl (C=O) groups is 10. The van der Waals surface area contributed by atoms with Crippen LogP contribution >= 0.6 is 23.5 Å². The number of rotatable bonds is 45. The summed E-state index contributed by atoms with van der Waals surface area (Å²) in [5.74, 6) is -2.42. The summed E-state index contributed by atoms with van der Waals surface area (Å²) in [6, 6.07) is 0. The highest BCUT2D eigenvalue weighted by Crippen LogP contribution is 2.38. The Morgan fingerprint density at radius 2 is 0.750 bits per heavy atom. The Hall–Kier alpha value is -5.23. The topological polar surface area (TPSA) is 423 Å². The van der Waals surface area contributed by atoms with Gasteiger partial charge in [-0.2, -0.15) is 0 Å². The van der Waals surface area contributed by atoms with Gasteiger partial charge in [0, 0.05) is 129 Å². The monoisotopic (exact) mass is 1310 g/mol. The molecule has 0 radical (unpaired) electrons. The molecule has 10 amide bonds. The molecule has 34 heteroatoms. The van der Waals surface area contributed by atoms with Crippen molar-refractivity contribution in [1.29, 1.82) is 0 Å². The predicted molar refractivity (Wildman–Crippen MR) is 308 cm³/mol. The van der Waals surface area contributed by atoms with Gasteiger partial charge in [0.25, 0.3) is 58.9 Å². The molecule has 1 aliphatic carbocycles. The van der Waals surface area contributed by atoms with Crippen molar-refractivity contribution in [3.63, 3.8) is 0 Å². The summed E-state index contributed by atoms with van der Waals surface area (Å²) < 4.78 is 69.9. The zero-order chi connectivity index (χ0) is 65.2. The molecule has 88 heavy (non-hydrogen) atoms. The van der Waals surface area contributed by atoms with Gasteiger partial charge in [0.15, 0.2) is 0 Å². The second-order valence-corrected chi connectivity index (χ2v) is 24.7. The van der Waals surface area contributed by atoms with E-state index in [-0.39, 0.29) is 113 Å². The standard InChI is InChI=1S/C21H36N3O10P.C19H31N2O7P.C14H23N2O7P/c1-31-35(29,30)34-13-5-3-2-4-10-22-19(26)9-14-32-16-17-33-15-11-23-18(25)8-12-24-20(27)6-7-21(24)28;1-27-29(25,26)28-13-5-3-2-4-12-20-19(24)16-8-6-15(7-9-16)14-21-17(22)10-11-18(21)23;1-22-24(20,21)23-11-5-3-2-4-9-15-12(17)8-10-16-13(18)6-7-14(16)19/h6-7H,2-5,8-17H2,1H3,(H,22,26)(H,23,25)(H,29,30);10-11,15-16H,2-9,12-14H2,1H3,(H,20,24)(H,25,26);6-7H,2-5,8-11H2,1H3,(H,15,17)(H,20,21)/p-3. The van der Waals surface area contributed by atoms with E-state index in [1.54, 1.807) is 0 Å². The van der Waals surface area contributed by atoms with Gasteiger partial charge in [-0.3, -0.25) is 76.3 Å². The highest BCUT2D eigenvalue weighted by Gasteiger charge is 2.31. The number of hydrogen-bond acceptors (Lipinski definition) is 24. The lowest BCUT2D eigenvalue weighted by Gasteiger charge is -2.30. The molecule has 500 valence electrons. The van der Waals surface area contributed by atoms with E-state index in [9.17, 15) is 76.3 Å². The van der Waals surface area contributed by atoms with Crippen LogP contribution in [-0.2, 0) is 98.3 Å². The summed E-state index contributed by atoms with van der Waals surface area (Å²) in [6.07, 6.45) is 19.9. The molecule has 4 rings (SSSR count). The van der Waals surface area contributed by atoms with Crippen molar-refractivity contribution >= 4 is 82.5 Å². The van der Waals surface area contributed by atoms with Crippen LogP contribution in [0.1, 0.15) is 122 Å². The first-order valence-corrected chi connectivity index (χ1v) is 33.7. The van der Waals surface area contributed by atoms with Crippen molar-refractivity contribution in [2.24, 2.45) is 11.8 Å².